The zero-order valence-electron chi connectivity index (χ0n) is 6.77. The second-order valence-electron chi connectivity index (χ2n) is 2.68. The van der Waals surface area contributed by atoms with Crippen molar-refractivity contribution in [3.05, 3.63) is 36.0 Å². The fourth-order valence-corrected chi connectivity index (χ4v) is 1.37. The Labute approximate surface area is 74.8 Å². The molecule has 62 valence electrons. The number of aldehydes is 1. The second kappa shape index (κ2) is 2.76. The minimum Gasteiger partial charge on any atom is -0.296 e. The summed E-state index contributed by atoms with van der Waals surface area (Å²) in [6.45, 7) is 0. The summed E-state index contributed by atoms with van der Waals surface area (Å²) in [5.41, 5.74) is 1.16. The fourth-order valence-electron chi connectivity index (χ4n) is 1.37. The van der Waals surface area contributed by atoms with E-state index < -0.39 is 0 Å². The SMILES string of the molecule is N#Cn1c(C=O)cc2ccccc21. The van der Waals surface area contributed by atoms with Crippen LogP contribution in [0, 0.1) is 11.5 Å². The number of rotatable bonds is 1. The lowest BCUT2D eigenvalue weighted by Crippen LogP contribution is -1.92. The van der Waals surface area contributed by atoms with Gasteiger partial charge in [0.2, 0.25) is 0 Å². The van der Waals surface area contributed by atoms with E-state index in [2.05, 4.69) is 0 Å². The van der Waals surface area contributed by atoms with Crippen molar-refractivity contribution in [2.24, 2.45) is 0 Å². The molecule has 0 unspecified atom stereocenters. The van der Waals surface area contributed by atoms with Gasteiger partial charge >= 0.3 is 0 Å². The van der Waals surface area contributed by atoms with Crippen LogP contribution in [-0.2, 0) is 0 Å². The molecule has 0 N–H and O–H groups in total. The van der Waals surface area contributed by atoms with Gasteiger partial charge in [-0.2, -0.15) is 5.26 Å². The smallest absolute Gasteiger partial charge is 0.189 e. The van der Waals surface area contributed by atoms with Crippen molar-refractivity contribution in [1.82, 2.24) is 4.57 Å². The van der Waals surface area contributed by atoms with Crippen molar-refractivity contribution in [3.63, 3.8) is 0 Å². The molecule has 0 radical (unpaired) electrons. The minimum absolute atomic E-state index is 0.392. The normalized spacial score (nSPS) is 9.77. The van der Waals surface area contributed by atoms with Gasteiger partial charge in [-0.05, 0) is 12.1 Å². The highest BCUT2D eigenvalue weighted by Gasteiger charge is 2.05. The van der Waals surface area contributed by atoms with E-state index in [-0.39, 0.29) is 0 Å². The van der Waals surface area contributed by atoms with Crippen molar-refractivity contribution in [2.75, 3.05) is 0 Å². The van der Waals surface area contributed by atoms with Crippen LogP contribution in [0.2, 0.25) is 0 Å². The van der Waals surface area contributed by atoms with Crippen LogP contribution in [-0.4, -0.2) is 10.9 Å². The molecule has 13 heavy (non-hydrogen) atoms. The Morgan fingerprint density at radius 3 is 2.85 bits per heavy atom. The lowest BCUT2D eigenvalue weighted by molar-refractivity contribution is 0.111. The first-order chi connectivity index (χ1) is 6.36. The first-order valence-corrected chi connectivity index (χ1v) is 3.82. The highest BCUT2D eigenvalue weighted by molar-refractivity contribution is 5.89. The Kier molecular flexibility index (Phi) is 1.60. The van der Waals surface area contributed by atoms with Crippen LogP contribution >= 0.6 is 0 Å². The average molecular weight is 170 g/mol. The Balaban J connectivity index is 2.91. The molecule has 0 atom stereocenters. The first kappa shape index (κ1) is 7.56. The molecule has 2 aromatic rings. The molecule has 1 aromatic heterocycles. The highest BCUT2D eigenvalue weighted by Crippen LogP contribution is 2.17. The molecule has 0 aliphatic carbocycles. The van der Waals surface area contributed by atoms with E-state index in [1.807, 2.05) is 30.5 Å². The van der Waals surface area contributed by atoms with Gasteiger partial charge in [-0.1, -0.05) is 18.2 Å². The number of benzene rings is 1. The molecule has 2 rings (SSSR count). The summed E-state index contributed by atoms with van der Waals surface area (Å²) < 4.78 is 1.32. The number of carbonyl (C=O) groups excluding carboxylic acids is 1. The molecule has 1 heterocycles. The lowest BCUT2D eigenvalue weighted by atomic mass is 10.2. The molecule has 0 aliphatic rings. The molecule has 0 bridgehead atoms. The number of aromatic nitrogens is 1. The largest absolute Gasteiger partial charge is 0.296 e. The molecule has 0 fully saturated rings. The molecular formula is C10H6N2O. The highest BCUT2D eigenvalue weighted by atomic mass is 16.1. The predicted octanol–water partition coefficient (Wildman–Crippen LogP) is 1.78. The van der Waals surface area contributed by atoms with E-state index in [0.717, 1.165) is 10.9 Å². The molecular weight excluding hydrogens is 164 g/mol. The van der Waals surface area contributed by atoms with Crippen molar-refractivity contribution >= 4 is 17.2 Å². The number of nitrogens with zero attached hydrogens (tertiary/aromatic N) is 2. The Bertz CT molecular complexity index is 505. The van der Waals surface area contributed by atoms with Crippen molar-refractivity contribution in [3.8, 4) is 6.19 Å². The summed E-state index contributed by atoms with van der Waals surface area (Å²) in [4.78, 5) is 10.6. The quantitative estimate of drug-likeness (QED) is 0.612. The maximum Gasteiger partial charge on any atom is 0.189 e. The summed E-state index contributed by atoms with van der Waals surface area (Å²) >= 11 is 0. The summed E-state index contributed by atoms with van der Waals surface area (Å²) in [6.07, 6.45) is 2.64. The van der Waals surface area contributed by atoms with Gasteiger partial charge in [-0.3, -0.25) is 4.79 Å². The zero-order chi connectivity index (χ0) is 9.26. The maximum absolute atomic E-state index is 10.6. The average Bonchev–Trinajstić information content (AvgIpc) is 2.55. The van der Waals surface area contributed by atoms with E-state index in [9.17, 15) is 4.79 Å². The summed E-state index contributed by atoms with van der Waals surface area (Å²) in [5.74, 6) is 0. The van der Waals surface area contributed by atoms with Crippen LogP contribution in [0.15, 0.2) is 30.3 Å². The first-order valence-electron chi connectivity index (χ1n) is 3.82. The lowest BCUT2D eigenvalue weighted by Gasteiger charge is -1.92. The van der Waals surface area contributed by atoms with Crippen LogP contribution < -0.4 is 0 Å². The van der Waals surface area contributed by atoms with Gasteiger partial charge < -0.3 is 0 Å². The van der Waals surface area contributed by atoms with E-state index in [0.29, 0.717) is 12.0 Å². The second-order valence-corrected chi connectivity index (χ2v) is 2.68. The molecule has 0 saturated heterocycles. The summed E-state index contributed by atoms with van der Waals surface area (Å²) in [7, 11) is 0. The Hall–Kier alpha value is -2.08. The van der Waals surface area contributed by atoms with Crippen molar-refractivity contribution in [1.29, 1.82) is 5.26 Å². The molecule has 0 spiro atoms. The van der Waals surface area contributed by atoms with Crippen LogP contribution in [0.25, 0.3) is 10.9 Å². The molecule has 0 amide bonds. The molecule has 1 aromatic carbocycles. The number of hydrogen-bond donors (Lipinski definition) is 0. The predicted molar refractivity (Wildman–Crippen MR) is 48.3 cm³/mol. The van der Waals surface area contributed by atoms with Gasteiger partial charge in [0.05, 0.1) is 11.2 Å². The number of para-hydroxylation sites is 1. The monoisotopic (exact) mass is 170 g/mol. The van der Waals surface area contributed by atoms with Crippen LogP contribution in [0.3, 0.4) is 0 Å². The molecule has 3 nitrogen and oxygen atoms in total. The van der Waals surface area contributed by atoms with Gasteiger partial charge in [-0.15, -0.1) is 0 Å². The summed E-state index contributed by atoms with van der Waals surface area (Å²) in [6, 6.07) is 9.09. The minimum atomic E-state index is 0.392. The fraction of sp³-hybridized carbons (Fsp3) is 0. The maximum atomic E-state index is 10.6. The third kappa shape index (κ3) is 1.00. The zero-order valence-corrected chi connectivity index (χ0v) is 6.77. The van der Waals surface area contributed by atoms with Crippen LogP contribution in [0.4, 0.5) is 0 Å². The van der Waals surface area contributed by atoms with Crippen molar-refractivity contribution < 1.29 is 4.79 Å². The van der Waals surface area contributed by atoms with E-state index in [1.165, 1.54) is 4.57 Å². The van der Waals surface area contributed by atoms with Gasteiger partial charge in [0, 0.05) is 5.39 Å². The Morgan fingerprint density at radius 2 is 2.15 bits per heavy atom. The number of hydrogen-bond acceptors (Lipinski definition) is 2. The molecule has 3 heteroatoms. The van der Waals surface area contributed by atoms with Crippen LogP contribution in [0.1, 0.15) is 10.5 Å². The standard InChI is InChI=1S/C10H6N2O/c11-7-12-9(6-13)5-8-3-1-2-4-10(8)12/h1-6H. The molecule has 0 saturated carbocycles. The van der Waals surface area contributed by atoms with E-state index >= 15 is 0 Å². The van der Waals surface area contributed by atoms with Gasteiger partial charge in [0.25, 0.3) is 0 Å². The topological polar surface area (TPSA) is 45.8 Å². The number of carbonyl (C=O) groups is 1. The van der Waals surface area contributed by atoms with Crippen molar-refractivity contribution in [2.45, 2.75) is 0 Å². The van der Waals surface area contributed by atoms with E-state index in [4.69, 9.17) is 5.26 Å². The Morgan fingerprint density at radius 1 is 1.38 bits per heavy atom. The van der Waals surface area contributed by atoms with E-state index in [1.54, 1.807) is 6.07 Å². The number of nitriles is 1. The van der Waals surface area contributed by atoms with Crippen LogP contribution in [0.5, 0.6) is 0 Å². The third-order valence-electron chi connectivity index (χ3n) is 1.96. The molecule has 0 aliphatic heterocycles. The van der Waals surface area contributed by atoms with Gasteiger partial charge in [0.15, 0.2) is 12.5 Å². The third-order valence-corrected chi connectivity index (χ3v) is 1.96. The van der Waals surface area contributed by atoms with Gasteiger partial charge in [0.1, 0.15) is 0 Å². The van der Waals surface area contributed by atoms with Gasteiger partial charge in [-0.25, -0.2) is 4.57 Å². The number of fused-ring (bicyclic) bond motifs is 1. The summed E-state index contributed by atoms with van der Waals surface area (Å²) in [5, 5.41) is 9.70.